The summed E-state index contributed by atoms with van der Waals surface area (Å²) in [6.45, 7) is 9.64. The SMILES string of the molecule is C=CC1=CC=CC(C)(C=C)C=C1. The van der Waals surface area contributed by atoms with Gasteiger partial charge in [0, 0.05) is 5.41 Å². The van der Waals surface area contributed by atoms with Crippen LogP contribution in [0, 0.1) is 5.41 Å². The number of hydrogen-bond acceptors (Lipinski definition) is 0. The molecule has 0 spiro atoms. The summed E-state index contributed by atoms with van der Waals surface area (Å²) in [6, 6.07) is 0. The highest BCUT2D eigenvalue weighted by Gasteiger charge is 2.11. The molecule has 1 atom stereocenters. The maximum atomic E-state index is 3.80. The fourth-order valence-electron chi connectivity index (χ4n) is 1.03. The summed E-state index contributed by atoms with van der Waals surface area (Å²) in [5.74, 6) is 0. The Morgan fingerprint density at radius 1 is 1.33 bits per heavy atom. The van der Waals surface area contributed by atoms with Crippen molar-refractivity contribution < 1.29 is 0 Å². The minimum Gasteiger partial charge on any atom is -0.102 e. The lowest BCUT2D eigenvalue weighted by molar-refractivity contribution is 0.720. The van der Waals surface area contributed by atoms with Crippen molar-refractivity contribution in [3.8, 4) is 0 Å². The molecular formula is C12H14. The van der Waals surface area contributed by atoms with E-state index >= 15 is 0 Å². The van der Waals surface area contributed by atoms with E-state index < -0.39 is 0 Å². The lowest BCUT2D eigenvalue weighted by Crippen LogP contribution is -2.02. The molecule has 0 aliphatic heterocycles. The molecule has 0 aromatic rings. The van der Waals surface area contributed by atoms with Crippen LogP contribution in [0.1, 0.15) is 6.92 Å². The van der Waals surface area contributed by atoms with Crippen LogP contribution in [0.4, 0.5) is 0 Å². The first kappa shape index (κ1) is 8.79. The van der Waals surface area contributed by atoms with Crippen LogP contribution in [-0.2, 0) is 0 Å². The van der Waals surface area contributed by atoms with Crippen LogP contribution in [0.5, 0.6) is 0 Å². The molecule has 1 rings (SSSR count). The molecule has 0 aromatic heterocycles. The normalized spacial score (nSPS) is 27.6. The molecule has 1 aliphatic rings. The van der Waals surface area contributed by atoms with Crippen molar-refractivity contribution in [2.24, 2.45) is 5.41 Å². The molecule has 0 amide bonds. The van der Waals surface area contributed by atoms with E-state index in [1.165, 1.54) is 0 Å². The van der Waals surface area contributed by atoms with E-state index in [2.05, 4.69) is 38.3 Å². The largest absolute Gasteiger partial charge is 0.102 e. The Kier molecular flexibility index (Phi) is 2.49. The van der Waals surface area contributed by atoms with Crippen molar-refractivity contribution >= 4 is 0 Å². The highest BCUT2D eigenvalue weighted by molar-refractivity contribution is 5.38. The number of rotatable bonds is 2. The molecule has 62 valence electrons. The third kappa shape index (κ3) is 1.85. The van der Waals surface area contributed by atoms with Crippen LogP contribution >= 0.6 is 0 Å². The number of allylic oxidation sites excluding steroid dienone is 8. The van der Waals surface area contributed by atoms with Crippen molar-refractivity contribution in [2.75, 3.05) is 0 Å². The second kappa shape index (κ2) is 3.40. The molecule has 0 heteroatoms. The van der Waals surface area contributed by atoms with E-state index in [-0.39, 0.29) is 5.41 Å². The maximum absolute atomic E-state index is 3.80. The summed E-state index contributed by atoms with van der Waals surface area (Å²) in [6.07, 6.45) is 14.2. The van der Waals surface area contributed by atoms with Gasteiger partial charge < -0.3 is 0 Å². The zero-order chi connectivity index (χ0) is 9.03. The van der Waals surface area contributed by atoms with E-state index in [0.717, 1.165) is 5.57 Å². The van der Waals surface area contributed by atoms with Crippen LogP contribution in [0.15, 0.2) is 61.3 Å². The standard InChI is InChI=1S/C12H14/c1-4-11-7-6-9-12(3,5-2)10-8-11/h4-10H,1-2H2,3H3. The van der Waals surface area contributed by atoms with E-state index in [9.17, 15) is 0 Å². The molecule has 0 fully saturated rings. The summed E-state index contributed by atoms with van der Waals surface area (Å²) < 4.78 is 0. The Labute approximate surface area is 74.3 Å². The van der Waals surface area contributed by atoms with Crippen molar-refractivity contribution in [2.45, 2.75) is 6.92 Å². The topological polar surface area (TPSA) is 0 Å². The molecule has 0 saturated heterocycles. The second-order valence-electron chi connectivity index (χ2n) is 3.13. The lowest BCUT2D eigenvalue weighted by atomic mass is 9.90. The van der Waals surface area contributed by atoms with Gasteiger partial charge in [-0.15, -0.1) is 6.58 Å². The first-order valence-corrected chi connectivity index (χ1v) is 4.05. The Bertz CT molecular complexity index is 276. The van der Waals surface area contributed by atoms with Gasteiger partial charge in [-0.05, 0) is 12.5 Å². The highest BCUT2D eigenvalue weighted by atomic mass is 14.2. The summed E-state index contributed by atoms with van der Waals surface area (Å²) in [5.41, 5.74) is 1.12. The average Bonchev–Trinajstić information content (AvgIpc) is 2.28. The van der Waals surface area contributed by atoms with Gasteiger partial charge in [0.15, 0.2) is 0 Å². The predicted octanol–water partition coefficient (Wildman–Crippen LogP) is 3.42. The van der Waals surface area contributed by atoms with Crippen LogP contribution in [0.25, 0.3) is 0 Å². The Morgan fingerprint density at radius 3 is 2.67 bits per heavy atom. The van der Waals surface area contributed by atoms with Crippen LogP contribution in [-0.4, -0.2) is 0 Å². The third-order valence-electron chi connectivity index (χ3n) is 2.05. The summed E-state index contributed by atoms with van der Waals surface area (Å²) in [5, 5.41) is 0. The zero-order valence-electron chi connectivity index (χ0n) is 7.46. The van der Waals surface area contributed by atoms with Crippen LogP contribution in [0.3, 0.4) is 0 Å². The lowest BCUT2D eigenvalue weighted by Gasteiger charge is -2.14. The molecular weight excluding hydrogens is 144 g/mol. The predicted molar refractivity (Wildman–Crippen MR) is 54.9 cm³/mol. The molecule has 0 saturated carbocycles. The second-order valence-corrected chi connectivity index (χ2v) is 3.13. The van der Waals surface area contributed by atoms with Gasteiger partial charge in [-0.1, -0.05) is 49.1 Å². The molecule has 1 unspecified atom stereocenters. The Morgan fingerprint density at radius 2 is 2.08 bits per heavy atom. The van der Waals surface area contributed by atoms with E-state index in [0.29, 0.717) is 0 Å². The molecule has 12 heavy (non-hydrogen) atoms. The van der Waals surface area contributed by atoms with Crippen molar-refractivity contribution in [3.05, 3.63) is 61.3 Å². The van der Waals surface area contributed by atoms with Crippen LogP contribution < -0.4 is 0 Å². The first-order valence-electron chi connectivity index (χ1n) is 4.05. The summed E-state index contributed by atoms with van der Waals surface area (Å²) in [4.78, 5) is 0. The van der Waals surface area contributed by atoms with Gasteiger partial charge in [0.25, 0.3) is 0 Å². The molecule has 0 heterocycles. The summed E-state index contributed by atoms with van der Waals surface area (Å²) in [7, 11) is 0. The van der Waals surface area contributed by atoms with Gasteiger partial charge in [0.05, 0.1) is 0 Å². The third-order valence-corrected chi connectivity index (χ3v) is 2.05. The quantitative estimate of drug-likeness (QED) is 0.540. The molecule has 0 N–H and O–H groups in total. The molecule has 0 radical (unpaired) electrons. The van der Waals surface area contributed by atoms with Crippen LogP contribution in [0.2, 0.25) is 0 Å². The Hall–Kier alpha value is -1.30. The van der Waals surface area contributed by atoms with Gasteiger partial charge >= 0.3 is 0 Å². The minimum atomic E-state index is -0.0126. The molecule has 0 nitrogen and oxygen atoms in total. The highest BCUT2D eigenvalue weighted by Crippen LogP contribution is 2.24. The number of hydrogen-bond donors (Lipinski definition) is 0. The molecule has 0 bridgehead atoms. The van der Waals surface area contributed by atoms with Gasteiger partial charge in [0.2, 0.25) is 0 Å². The van der Waals surface area contributed by atoms with E-state index in [4.69, 9.17) is 0 Å². The maximum Gasteiger partial charge on any atom is 0.0217 e. The Balaban J connectivity index is 2.97. The van der Waals surface area contributed by atoms with E-state index in [1.807, 2.05) is 24.3 Å². The smallest absolute Gasteiger partial charge is 0.0217 e. The first-order chi connectivity index (χ1) is 5.70. The fraction of sp³-hybridized carbons (Fsp3) is 0.167. The van der Waals surface area contributed by atoms with Gasteiger partial charge in [-0.2, -0.15) is 0 Å². The van der Waals surface area contributed by atoms with Gasteiger partial charge in [-0.25, -0.2) is 0 Å². The van der Waals surface area contributed by atoms with E-state index in [1.54, 1.807) is 0 Å². The minimum absolute atomic E-state index is 0.0126. The monoisotopic (exact) mass is 158 g/mol. The summed E-state index contributed by atoms with van der Waals surface area (Å²) >= 11 is 0. The zero-order valence-corrected chi connectivity index (χ0v) is 7.46. The molecule has 1 aliphatic carbocycles. The fourth-order valence-corrected chi connectivity index (χ4v) is 1.03. The average molecular weight is 158 g/mol. The van der Waals surface area contributed by atoms with Crippen molar-refractivity contribution in [3.63, 3.8) is 0 Å². The van der Waals surface area contributed by atoms with Crippen molar-refractivity contribution in [1.29, 1.82) is 0 Å². The van der Waals surface area contributed by atoms with Gasteiger partial charge in [-0.3, -0.25) is 0 Å². The van der Waals surface area contributed by atoms with Crippen molar-refractivity contribution in [1.82, 2.24) is 0 Å². The molecule has 0 aromatic carbocycles. The van der Waals surface area contributed by atoms with Gasteiger partial charge in [0.1, 0.15) is 0 Å².